The Kier molecular flexibility index (Phi) is 3.98. The van der Waals surface area contributed by atoms with Gasteiger partial charge in [0.15, 0.2) is 0 Å². The van der Waals surface area contributed by atoms with Crippen LogP contribution >= 0.6 is 11.8 Å². The first-order chi connectivity index (χ1) is 5.15. The first kappa shape index (κ1) is 10.1. The van der Waals surface area contributed by atoms with E-state index < -0.39 is 0 Å². The SMILES string of the molecule is C[I-]C(C)[C@H]1N[C@@H](C)[C@@H](C)S1. The van der Waals surface area contributed by atoms with Gasteiger partial charge in [0.2, 0.25) is 0 Å². The molecule has 1 nitrogen and oxygen atoms in total. The third kappa shape index (κ3) is 2.49. The molecular weight excluding hydrogens is 269 g/mol. The molecule has 0 radical (unpaired) electrons. The molecule has 0 aromatic rings. The molecule has 0 spiro atoms. The molecule has 3 heteroatoms. The number of alkyl halides is 2. The third-order valence-electron chi connectivity index (χ3n) is 2.25. The number of rotatable bonds is 2. The summed E-state index contributed by atoms with van der Waals surface area (Å²) in [4.78, 5) is 2.37. The van der Waals surface area contributed by atoms with E-state index in [2.05, 4.69) is 42.8 Å². The zero-order valence-corrected chi connectivity index (χ0v) is 10.6. The van der Waals surface area contributed by atoms with Crippen molar-refractivity contribution in [1.82, 2.24) is 5.32 Å². The Morgan fingerprint density at radius 3 is 2.45 bits per heavy atom. The first-order valence-electron chi connectivity index (χ1n) is 4.04. The van der Waals surface area contributed by atoms with Crippen LogP contribution in [0.5, 0.6) is 0 Å². The zero-order chi connectivity index (χ0) is 8.43. The van der Waals surface area contributed by atoms with Crippen molar-refractivity contribution in [3.05, 3.63) is 0 Å². The van der Waals surface area contributed by atoms with Crippen molar-refractivity contribution in [1.29, 1.82) is 0 Å². The van der Waals surface area contributed by atoms with Crippen LogP contribution in [0.4, 0.5) is 0 Å². The average molecular weight is 286 g/mol. The molecular formula is C8H17INS-. The Morgan fingerprint density at radius 1 is 1.45 bits per heavy atom. The molecule has 1 saturated heterocycles. The summed E-state index contributed by atoms with van der Waals surface area (Å²) in [5, 5.41) is 5.20. The van der Waals surface area contributed by atoms with Gasteiger partial charge in [0.25, 0.3) is 0 Å². The van der Waals surface area contributed by atoms with Crippen molar-refractivity contribution in [2.45, 2.75) is 41.4 Å². The fourth-order valence-electron chi connectivity index (χ4n) is 1.14. The second-order valence-electron chi connectivity index (χ2n) is 3.11. The Morgan fingerprint density at radius 2 is 2.09 bits per heavy atom. The second kappa shape index (κ2) is 4.33. The van der Waals surface area contributed by atoms with Crippen LogP contribution in [-0.2, 0) is 0 Å². The molecule has 11 heavy (non-hydrogen) atoms. The van der Waals surface area contributed by atoms with Gasteiger partial charge in [-0.05, 0) is 0 Å². The Bertz CT molecular complexity index is 121. The van der Waals surface area contributed by atoms with Crippen LogP contribution in [0.2, 0.25) is 0 Å². The average Bonchev–Trinajstić information content (AvgIpc) is 2.31. The van der Waals surface area contributed by atoms with Gasteiger partial charge in [-0.3, -0.25) is 0 Å². The van der Waals surface area contributed by atoms with Crippen molar-refractivity contribution in [2.75, 3.05) is 4.93 Å². The first-order valence-corrected chi connectivity index (χ1v) is 8.39. The monoisotopic (exact) mass is 286 g/mol. The fraction of sp³-hybridized carbons (Fsp3) is 1.00. The standard InChI is InChI=1S/C8H17INS/c1-5(9-4)8-10-6(2)7(3)11-8/h5-8,10H,1-4H3/q-1/t5?,6-,7+,8-/m0/s1. The molecule has 1 rings (SSSR count). The van der Waals surface area contributed by atoms with E-state index in [1.54, 1.807) is 0 Å². The molecule has 1 N–H and O–H groups in total. The van der Waals surface area contributed by atoms with Crippen LogP contribution in [-0.4, -0.2) is 25.5 Å². The van der Waals surface area contributed by atoms with Crippen molar-refractivity contribution in [2.24, 2.45) is 0 Å². The molecule has 1 fully saturated rings. The molecule has 4 atom stereocenters. The summed E-state index contributed by atoms with van der Waals surface area (Å²) >= 11 is 2.53. The van der Waals surface area contributed by atoms with Gasteiger partial charge in [-0.15, -0.1) is 0 Å². The molecule has 0 bridgehead atoms. The molecule has 1 heterocycles. The number of nitrogens with one attached hydrogen (secondary N) is 1. The minimum atomic E-state index is 0.409. The molecule has 68 valence electrons. The van der Waals surface area contributed by atoms with Crippen LogP contribution in [0.25, 0.3) is 0 Å². The quantitative estimate of drug-likeness (QED) is 0.491. The summed E-state index contributed by atoms with van der Waals surface area (Å²) in [6, 6.07) is 0.711. The van der Waals surface area contributed by atoms with E-state index in [0.717, 1.165) is 14.5 Å². The number of hydrogen-bond donors (Lipinski definition) is 1. The van der Waals surface area contributed by atoms with E-state index in [4.69, 9.17) is 0 Å². The molecule has 0 amide bonds. The predicted octanol–water partition coefficient (Wildman–Crippen LogP) is -1.47. The number of halogens is 1. The van der Waals surface area contributed by atoms with Crippen LogP contribution in [0, 0.1) is 0 Å². The Hall–Kier alpha value is 1.04. The predicted molar refractivity (Wildman–Crippen MR) is 48.8 cm³/mol. The molecule has 0 saturated carbocycles. The van der Waals surface area contributed by atoms with E-state index in [9.17, 15) is 0 Å². The van der Waals surface area contributed by atoms with E-state index in [1.165, 1.54) is 0 Å². The molecule has 1 aliphatic rings. The zero-order valence-electron chi connectivity index (χ0n) is 7.60. The van der Waals surface area contributed by atoms with E-state index in [1.807, 2.05) is 0 Å². The van der Waals surface area contributed by atoms with E-state index in [-0.39, 0.29) is 0 Å². The third-order valence-corrected chi connectivity index (χ3v) is 7.10. The van der Waals surface area contributed by atoms with Gasteiger partial charge in [-0.1, -0.05) is 0 Å². The summed E-state index contributed by atoms with van der Waals surface area (Å²) in [6.07, 6.45) is 0. The maximum absolute atomic E-state index is 3.64. The topological polar surface area (TPSA) is 12.0 Å². The summed E-state index contributed by atoms with van der Waals surface area (Å²) in [7, 11) is 0. The molecule has 0 aromatic heterocycles. The van der Waals surface area contributed by atoms with Gasteiger partial charge in [0.1, 0.15) is 0 Å². The summed E-state index contributed by atoms with van der Waals surface area (Å²) in [5.74, 6) is 0. The van der Waals surface area contributed by atoms with E-state index in [0.29, 0.717) is 27.2 Å². The van der Waals surface area contributed by atoms with Crippen molar-refractivity contribution < 1.29 is 21.2 Å². The van der Waals surface area contributed by atoms with Gasteiger partial charge < -0.3 is 0 Å². The van der Waals surface area contributed by atoms with Gasteiger partial charge in [-0.2, -0.15) is 0 Å². The van der Waals surface area contributed by atoms with Gasteiger partial charge in [0, 0.05) is 0 Å². The maximum atomic E-state index is 3.64. The van der Waals surface area contributed by atoms with Crippen LogP contribution in [0.15, 0.2) is 0 Å². The van der Waals surface area contributed by atoms with Crippen LogP contribution in [0.3, 0.4) is 0 Å². The number of hydrogen-bond acceptors (Lipinski definition) is 2. The van der Waals surface area contributed by atoms with Gasteiger partial charge in [0.05, 0.1) is 0 Å². The van der Waals surface area contributed by atoms with Gasteiger partial charge in [-0.25, -0.2) is 0 Å². The molecule has 0 aromatic carbocycles. The normalized spacial score (nSPS) is 41.3. The minimum absolute atomic E-state index is 0.409. The second-order valence-corrected chi connectivity index (χ2v) is 7.85. The van der Waals surface area contributed by atoms with Crippen molar-refractivity contribution in [3.63, 3.8) is 0 Å². The Labute approximate surface area is 84.3 Å². The fourth-order valence-corrected chi connectivity index (χ4v) is 4.48. The van der Waals surface area contributed by atoms with Gasteiger partial charge >= 0.3 is 84.6 Å². The Balaban J connectivity index is 2.40. The number of thioether (sulfide) groups is 1. The molecule has 0 aliphatic carbocycles. The summed E-state index contributed by atoms with van der Waals surface area (Å²) in [5.41, 5.74) is 0. The molecule has 1 unspecified atom stereocenters. The summed E-state index contributed by atoms with van der Waals surface area (Å²) in [6.45, 7) is 6.99. The summed E-state index contributed by atoms with van der Waals surface area (Å²) < 4.78 is 0.922. The van der Waals surface area contributed by atoms with Crippen molar-refractivity contribution in [3.8, 4) is 0 Å². The van der Waals surface area contributed by atoms with Crippen molar-refractivity contribution >= 4 is 11.8 Å². The molecule has 1 aliphatic heterocycles. The van der Waals surface area contributed by atoms with Crippen LogP contribution < -0.4 is 26.5 Å². The van der Waals surface area contributed by atoms with Crippen LogP contribution in [0.1, 0.15) is 20.8 Å². The van der Waals surface area contributed by atoms with E-state index >= 15 is 0 Å².